The normalized spacial score (nSPS) is 11.1. The maximum Gasteiger partial charge on any atom is 0.321 e. The van der Waals surface area contributed by atoms with Crippen LogP contribution in [0.15, 0.2) is 65.8 Å². The van der Waals surface area contributed by atoms with Crippen molar-refractivity contribution in [2.45, 2.75) is 32.6 Å². The van der Waals surface area contributed by atoms with Gasteiger partial charge in [-0.3, -0.25) is 20.2 Å². The minimum atomic E-state index is -0.727. The van der Waals surface area contributed by atoms with Crippen LogP contribution in [0.5, 0.6) is 5.75 Å². The van der Waals surface area contributed by atoms with E-state index in [4.69, 9.17) is 4.84 Å². The predicted molar refractivity (Wildman–Crippen MR) is 107 cm³/mol. The molecule has 0 N–H and O–H groups in total. The van der Waals surface area contributed by atoms with Gasteiger partial charge in [-0.2, -0.15) is 0 Å². The van der Waals surface area contributed by atoms with Crippen LogP contribution < -0.4 is 4.84 Å². The number of rotatable bonds is 10. The van der Waals surface area contributed by atoms with Gasteiger partial charge in [-0.1, -0.05) is 41.1 Å². The van der Waals surface area contributed by atoms with Gasteiger partial charge in [0.25, 0.3) is 5.69 Å². The van der Waals surface area contributed by atoms with Crippen molar-refractivity contribution in [2.75, 3.05) is 0 Å². The number of allylic oxidation sites excluding steroid dienone is 1. The number of hydrogen-bond donors (Lipinski definition) is 0. The lowest BCUT2D eigenvalue weighted by Gasteiger charge is -2.08. The first kappa shape index (κ1) is 20.8. The second-order valence-corrected chi connectivity index (χ2v) is 6.36. The highest BCUT2D eigenvalue weighted by molar-refractivity contribution is 5.84. The standard InChI is InChI=1S/C20H21N3O5/c1-15(2)8-10-17(11-9-16-6-4-3-5-7-16)21-28-20-13-12-18(22(24)25)14-19(20)23(26)27/h3-7,12-14H,1,8-11H2,2H3/b21-17+. The molecular weight excluding hydrogens is 362 g/mol. The van der Waals surface area contributed by atoms with Crippen LogP contribution in [0.4, 0.5) is 11.4 Å². The van der Waals surface area contributed by atoms with Crippen LogP contribution in [0.3, 0.4) is 0 Å². The summed E-state index contributed by atoms with van der Waals surface area (Å²) < 4.78 is 0. The van der Waals surface area contributed by atoms with Crippen LogP contribution in [0, 0.1) is 20.2 Å². The molecule has 146 valence electrons. The summed E-state index contributed by atoms with van der Waals surface area (Å²) in [5.41, 5.74) is 2.00. The Labute approximate surface area is 162 Å². The fourth-order valence-electron chi connectivity index (χ4n) is 2.46. The molecule has 8 heteroatoms. The van der Waals surface area contributed by atoms with Crippen molar-refractivity contribution in [2.24, 2.45) is 5.16 Å². The molecule has 0 bridgehead atoms. The third-order valence-corrected chi connectivity index (χ3v) is 4.01. The van der Waals surface area contributed by atoms with Gasteiger partial charge >= 0.3 is 5.69 Å². The number of hydrogen-bond acceptors (Lipinski definition) is 6. The Morgan fingerprint density at radius 3 is 2.36 bits per heavy atom. The Morgan fingerprint density at radius 1 is 1.04 bits per heavy atom. The topological polar surface area (TPSA) is 108 Å². The Morgan fingerprint density at radius 2 is 1.75 bits per heavy atom. The molecule has 0 aliphatic carbocycles. The maximum atomic E-state index is 11.2. The van der Waals surface area contributed by atoms with E-state index in [0.717, 1.165) is 41.8 Å². The summed E-state index contributed by atoms with van der Waals surface area (Å²) in [5.74, 6) is -0.136. The number of benzene rings is 2. The van der Waals surface area contributed by atoms with Gasteiger partial charge in [0.1, 0.15) is 0 Å². The first-order valence-electron chi connectivity index (χ1n) is 8.70. The van der Waals surface area contributed by atoms with Crippen LogP contribution in [-0.4, -0.2) is 15.6 Å². The highest BCUT2D eigenvalue weighted by atomic mass is 16.7. The van der Waals surface area contributed by atoms with Gasteiger partial charge in [0.2, 0.25) is 5.75 Å². The summed E-state index contributed by atoms with van der Waals surface area (Å²) in [6.45, 7) is 5.79. The molecule has 2 rings (SSSR count). The fourth-order valence-corrected chi connectivity index (χ4v) is 2.46. The van der Waals surface area contributed by atoms with Crippen molar-refractivity contribution in [3.63, 3.8) is 0 Å². The number of nitrogens with zero attached hydrogens (tertiary/aromatic N) is 3. The van der Waals surface area contributed by atoms with Crippen molar-refractivity contribution >= 4 is 17.1 Å². The molecule has 0 spiro atoms. The van der Waals surface area contributed by atoms with Gasteiger partial charge in [-0.15, -0.1) is 6.58 Å². The molecule has 0 aliphatic rings. The summed E-state index contributed by atoms with van der Waals surface area (Å²) in [4.78, 5) is 25.9. The molecule has 2 aromatic carbocycles. The quantitative estimate of drug-likeness (QED) is 0.242. The molecule has 8 nitrogen and oxygen atoms in total. The van der Waals surface area contributed by atoms with Gasteiger partial charge in [0, 0.05) is 6.07 Å². The smallest absolute Gasteiger partial charge is 0.321 e. The highest BCUT2D eigenvalue weighted by Crippen LogP contribution is 2.31. The minimum Gasteiger partial charge on any atom is -0.350 e. The molecule has 0 atom stereocenters. The van der Waals surface area contributed by atoms with Gasteiger partial charge in [0.15, 0.2) is 0 Å². The summed E-state index contributed by atoms with van der Waals surface area (Å²) in [7, 11) is 0. The predicted octanol–water partition coefficient (Wildman–Crippen LogP) is 5.23. The molecule has 28 heavy (non-hydrogen) atoms. The Bertz CT molecular complexity index is 894. The fraction of sp³-hybridized carbons (Fsp3) is 0.250. The van der Waals surface area contributed by atoms with E-state index < -0.39 is 15.5 Å². The van der Waals surface area contributed by atoms with E-state index in [1.54, 1.807) is 0 Å². The third-order valence-electron chi connectivity index (χ3n) is 4.01. The Kier molecular flexibility index (Phi) is 7.38. The van der Waals surface area contributed by atoms with E-state index >= 15 is 0 Å². The summed E-state index contributed by atoms with van der Waals surface area (Å²) in [6.07, 6.45) is 2.71. The lowest BCUT2D eigenvalue weighted by atomic mass is 10.0. The van der Waals surface area contributed by atoms with Gasteiger partial charge < -0.3 is 4.84 Å². The SMILES string of the molecule is C=C(C)CC/C(CCc1ccccc1)=N\Oc1ccc([N+](=O)[O-])cc1[N+](=O)[O-]. The van der Waals surface area contributed by atoms with E-state index in [9.17, 15) is 20.2 Å². The minimum absolute atomic E-state index is 0.136. The van der Waals surface area contributed by atoms with Gasteiger partial charge in [0.05, 0.1) is 21.6 Å². The lowest BCUT2D eigenvalue weighted by molar-refractivity contribution is -0.394. The number of aryl methyl sites for hydroxylation is 1. The van der Waals surface area contributed by atoms with Crippen molar-refractivity contribution < 1.29 is 14.7 Å². The van der Waals surface area contributed by atoms with Crippen molar-refractivity contribution in [1.82, 2.24) is 0 Å². The third kappa shape index (κ3) is 6.31. The average Bonchev–Trinajstić information content (AvgIpc) is 2.67. The first-order chi connectivity index (χ1) is 13.4. The molecule has 0 fully saturated rings. The first-order valence-corrected chi connectivity index (χ1v) is 8.70. The van der Waals surface area contributed by atoms with Gasteiger partial charge in [-0.05, 0) is 44.2 Å². The van der Waals surface area contributed by atoms with E-state index in [0.29, 0.717) is 12.8 Å². The molecule has 0 saturated carbocycles. The van der Waals surface area contributed by atoms with Crippen LogP contribution in [0.2, 0.25) is 0 Å². The average molecular weight is 383 g/mol. The van der Waals surface area contributed by atoms with Gasteiger partial charge in [-0.25, -0.2) is 0 Å². The molecule has 0 radical (unpaired) electrons. The molecule has 0 heterocycles. The summed E-state index contributed by atoms with van der Waals surface area (Å²) >= 11 is 0. The number of nitro groups is 2. The number of nitro benzene ring substituents is 2. The zero-order chi connectivity index (χ0) is 20.5. The van der Waals surface area contributed by atoms with Crippen LogP contribution >= 0.6 is 0 Å². The largest absolute Gasteiger partial charge is 0.350 e. The Balaban J connectivity index is 2.19. The maximum absolute atomic E-state index is 11.2. The van der Waals surface area contributed by atoms with E-state index in [1.807, 2.05) is 37.3 Å². The van der Waals surface area contributed by atoms with E-state index in [-0.39, 0.29) is 11.4 Å². The zero-order valence-electron chi connectivity index (χ0n) is 15.5. The monoisotopic (exact) mass is 383 g/mol. The van der Waals surface area contributed by atoms with Crippen LogP contribution in [0.1, 0.15) is 31.7 Å². The second-order valence-electron chi connectivity index (χ2n) is 6.36. The van der Waals surface area contributed by atoms with Crippen molar-refractivity contribution in [1.29, 1.82) is 0 Å². The van der Waals surface area contributed by atoms with Crippen LogP contribution in [0.25, 0.3) is 0 Å². The molecule has 2 aromatic rings. The van der Waals surface area contributed by atoms with Crippen LogP contribution in [-0.2, 0) is 6.42 Å². The summed E-state index contributed by atoms with van der Waals surface area (Å²) in [5, 5.41) is 26.1. The van der Waals surface area contributed by atoms with Crippen molar-refractivity contribution in [3.8, 4) is 5.75 Å². The molecule has 0 unspecified atom stereocenters. The van der Waals surface area contributed by atoms with E-state index in [2.05, 4.69) is 11.7 Å². The molecule has 0 amide bonds. The van der Waals surface area contributed by atoms with E-state index in [1.165, 1.54) is 6.07 Å². The second kappa shape index (κ2) is 9.96. The molecule has 0 saturated heterocycles. The summed E-state index contributed by atoms with van der Waals surface area (Å²) in [6, 6.07) is 13.1. The number of oxime groups is 1. The molecule has 0 aromatic heterocycles. The highest BCUT2D eigenvalue weighted by Gasteiger charge is 2.21. The zero-order valence-corrected chi connectivity index (χ0v) is 15.5. The molecular formula is C20H21N3O5. The Hall–Kier alpha value is -3.55. The van der Waals surface area contributed by atoms with Crippen molar-refractivity contribution in [3.05, 3.63) is 86.5 Å². The molecule has 0 aliphatic heterocycles. The lowest BCUT2D eigenvalue weighted by Crippen LogP contribution is -2.05. The number of non-ortho nitro benzene ring substituents is 1.